The van der Waals surface area contributed by atoms with Crippen molar-refractivity contribution in [2.24, 2.45) is 0 Å². The number of aryl methyl sites for hydroxylation is 3. The van der Waals surface area contributed by atoms with Crippen LogP contribution in [0.3, 0.4) is 0 Å². The Bertz CT molecular complexity index is 1020. The Kier molecular flexibility index (Phi) is 4.64. The van der Waals surface area contributed by atoms with Crippen LogP contribution in [0, 0.1) is 32.1 Å². The second-order valence-electron chi connectivity index (χ2n) is 6.37. The summed E-state index contributed by atoms with van der Waals surface area (Å²) in [6, 6.07) is 16.3. The first-order valence-corrected chi connectivity index (χ1v) is 8.38. The minimum Gasteiger partial charge on any atom is -0.497 e. The number of rotatable bonds is 3. The molecule has 26 heavy (non-hydrogen) atoms. The molecule has 0 radical (unpaired) electrons. The normalized spacial score (nSPS) is 10.4. The Labute approximate surface area is 153 Å². The quantitative estimate of drug-likeness (QED) is 0.741. The van der Waals surface area contributed by atoms with Crippen LogP contribution in [0.4, 0.5) is 5.82 Å². The number of nitrogens with zero attached hydrogens (tertiary/aromatic N) is 2. The van der Waals surface area contributed by atoms with Gasteiger partial charge in [0.05, 0.1) is 7.11 Å². The highest BCUT2D eigenvalue weighted by Gasteiger charge is 2.20. The van der Waals surface area contributed by atoms with E-state index in [4.69, 9.17) is 10.5 Å². The zero-order valence-electron chi connectivity index (χ0n) is 15.4. The molecule has 0 amide bonds. The van der Waals surface area contributed by atoms with Crippen molar-refractivity contribution >= 4 is 5.82 Å². The van der Waals surface area contributed by atoms with Gasteiger partial charge in [0.1, 0.15) is 23.2 Å². The highest BCUT2D eigenvalue weighted by atomic mass is 16.5. The Hall–Kier alpha value is -3.32. The van der Waals surface area contributed by atoms with Crippen molar-refractivity contribution in [2.75, 3.05) is 12.8 Å². The van der Waals surface area contributed by atoms with Crippen LogP contribution < -0.4 is 10.5 Å². The van der Waals surface area contributed by atoms with E-state index in [2.05, 4.69) is 29.3 Å². The molecule has 0 spiro atoms. The molecule has 3 aromatic rings. The van der Waals surface area contributed by atoms with E-state index in [1.807, 2.05) is 45.0 Å². The predicted molar refractivity (Wildman–Crippen MR) is 105 cm³/mol. The molecule has 3 rings (SSSR count). The molecule has 0 aliphatic rings. The van der Waals surface area contributed by atoms with E-state index in [9.17, 15) is 5.26 Å². The van der Waals surface area contributed by atoms with Gasteiger partial charge in [-0.2, -0.15) is 5.26 Å². The SMILES string of the molecule is COc1ccc(-c2c(C)nc(N)c(C#N)c2-c2cc(C)ccc2C)cc1. The maximum Gasteiger partial charge on any atom is 0.142 e. The molecule has 4 heteroatoms. The maximum atomic E-state index is 9.78. The van der Waals surface area contributed by atoms with Gasteiger partial charge in [-0.1, -0.05) is 35.9 Å². The predicted octanol–water partition coefficient (Wildman–Crippen LogP) is 4.80. The number of nitrogens with two attached hydrogens (primary N) is 1. The van der Waals surface area contributed by atoms with Crippen molar-refractivity contribution in [1.29, 1.82) is 5.26 Å². The van der Waals surface area contributed by atoms with E-state index in [0.717, 1.165) is 44.8 Å². The molecule has 0 aliphatic heterocycles. The molecule has 2 N–H and O–H groups in total. The first-order valence-electron chi connectivity index (χ1n) is 8.38. The summed E-state index contributed by atoms with van der Waals surface area (Å²) in [6.45, 7) is 6.00. The number of ether oxygens (including phenoxy) is 1. The van der Waals surface area contributed by atoms with Gasteiger partial charge < -0.3 is 10.5 Å². The van der Waals surface area contributed by atoms with Crippen LogP contribution in [0.2, 0.25) is 0 Å². The summed E-state index contributed by atoms with van der Waals surface area (Å²) < 4.78 is 5.26. The third-order valence-corrected chi connectivity index (χ3v) is 4.56. The fourth-order valence-electron chi connectivity index (χ4n) is 3.23. The lowest BCUT2D eigenvalue weighted by Gasteiger charge is -2.18. The summed E-state index contributed by atoms with van der Waals surface area (Å²) in [5.74, 6) is 1.04. The van der Waals surface area contributed by atoms with Gasteiger partial charge >= 0.3 is 0 Å². The summed E-state index contributed by atoms with van der Waals surface area (Å²) in [4.78, 5) is 4.43. The highest BCUT2D eigenvalue weighted by Crippen LogP contribution is 2.40. The molecule has 0 aliphatic carbocycles. The van der Waals surface area contributed by atoms with E-state index < -0.39 is 0 Å². The summed E-state index contributed by atoms with van der Waals surface area (Å²) in [6.07, 6.45) is 0. The van der Waals surface area contributed by atoms with Crippen molar-refractivity contribution in [3.05, 3.63) is 64.8 Å². The molecular formula is C22H21N3O. The summed E-state index contributed by atoms with van der Waals surface area (Å²) in [5.41, 5.74) is 13.3. The van der Waals surface area contributed by atoms with Crippen LogP contribution in [0.5, 0.6) is 5.75 Å². The van der Waals surface area contributed by atoms with Gasteiger partial charge in [0, 0.05) is 16.8 Å². The van der Waals surface area contributed by atoms with Gasteiger partial charge in [-0.25, -0.2) is 4.98 Å². The van der Waals surface area contributed by atoms with Gasteiger partial charge in [-0.3, -0.25) is 0 Å². The molecule has 1 heterocycles. The van der Waals surface area contributed by atoms with Crippen LogP contribution in [0.1, 0.15) is 22.4 Å². The second-order valence-corrected chi connectivity index (χ2v) is 6.37. The highest BCUT2D eigenvalue weighted by molar-refractivity contribution is 5.92. The van der Waals surface area contributed by atoms with Gasteiger partial charge in [0.15, 0.2) is 0 Å². The summed E-state index contributed by atoms with van der Waals surface area (Å²) >= 11 is 0. The molecule has 0 fully saturated rings. The van der Waals surface area contributed by atoms with Crippen molar-refractivity contribution in [3.8, 4) is 34.1 Å². The largest absolute Gasteiger partial charge is 0.497 e. The summed E-state index contributed by atoms with van der Waals surface area (Å²) in [7, 11) is 1.64. The molecule has 0 saturated heterocycles. The lowest BCUT2D eigenvalue weighted by molar-refractivity contribution is 0.415. The van der Waals surface area contributed by atoms with E-state index in [1.54, 1.807) is 7.11 Å². The number of hydrogen-bond acceptors (Lipinski definition) is 4. The fourth-order valence-corrected chi connectivity index (χ4v) is 3.23. The van der Waals surface area contributed by atoms with E-state index in [0.29, 0.717) is 5.56 Å². The van der Waals surface area contributed by atoms with E-state index >= 15 is 0 Å². The maximum absolute atomic E-state index is 9.78. The van der Waals surface area contributed by atoms with E-state index in [1.165, 1.54) is 0 Å². The number of benzene rings is 2. The van der Waals surface area contributed by atoms with Crippen molar-refractivity contribution in [3.63, 3.8) is 0 Å². The molecule has 0 unspecified atom stereocenters. The average molecular weight is 343 g/mol. The number of methoxy groups -OCH3 is 1. The van der Waals surface area contributed by atoms with Crippen LogP contribution in [0.15, 0.2) is 42.5 Å². The third kappa shape index (κ3) is 3.00. The minimum atomic E-state index is 0.262. The van der Waals surface area contributed by atoms with Crippen molar-refractivity contribution in [2.45, 2.75) is 20.8 Å². The molecule has 2 aromatic carbocycles. The molecule has 0 atom stereocenters. The van der Waals surface area contributed by atoms with Gasteiger partial charge in [0.2, 0.25) is 0 Å². The van der Waals surface area contributed by atoms with Gasteiger partial charge in [-0.05, 0) is 49.6 Å². The Morgan fingerprint density at radius 3 is 2.31 bits per heavy atom. The fraction of sp³-hybridized carbons (Fsp3) is 0.182. The van der Waals surface area contributed by atoms with Crippen LogP contribution in [0.25, 0.3) is 22.3 Å². The lowest BCUT2D eigenvalue weighted by Crippen LogP contribution is -2.04. The number of aromatic nitrogens is 1. The third-order valence-electron chi connectivity index (χ3n) is 4.56. The molecule has 4 nitrogen and oxygen atoms in total. The van der Waals surface area contributed by atoms with Gasteiger partial charge in [0.25, 0.3) is 0 Å². The van der Waals surface area contributed by atoms with Crippen molar-refractivity contribution < 1.29 is 4.74 Å². The minimum absolute atomic E-state index is 0.262. The number of nitriles is 1. The number of nitrogen functional groups attached to an aromatic ring is 1. The Morgan fingerprint density at radius 2 is 1.69 bits per heavy atom. The molecule has 0 bridgehead atoms. The van der Waals surface area contributed by atoms with Crippen LogP contribution in [-0.4, -0.2) is 12.1 Å². The Balaban J connectivity index is 2.40. The van der Waals surface area contributed by atoms with Gasteiger partial charge in [-0.15, -0.1) is 0 Å². The average Bonchev–Trinajstić information content (AvgIpc) is 2.63. The standard InChI is InChI=1S/C22H21N3O/c1-13-5-6-14(2)18(11-13)21-19(12-23)22(24)25-15(3)20(21)16-7-9-17(26-4)10-8-16/h5-11H,1-4H3,(H2,24,25). The molecule has 0 saturated carbocycles. The zero-order chi connectivity index (χ0) is 18.8. The summed E-state index contributed by atoms with van der Waals surface area (Å²) in [5, 5.41) is 9.78. The first-order chi connectivity index (χ1) is 12.5. The smallest absolute Gasteiger partial charge is 0.142 e. The topological polar surface area (TPSA) is 71.9 Å². The van der Waals surface area contributed by atoms with E-state index in [-0.39, 0.29) is 5.82 Å². The molecule has 1 aromatic heterocycles. The van der Waals surface area contributed by atoms with Crippen LogP contribution in [-0.2, 0) is 0 Å². The lowest BCUT2D eigenvalue weighted by atomic mass is 9.87. The van der Waals surface area contributed by atoms with Crippen LogP contribution >= 0.6 is 0 Å². The first kappa shape index (κ1) is 17.5. The zero-order valence-corrected chi connectivity index (χ0v) is 15.4. The monoisotopic (exact) mass is 343 g/mol. The number of pyridine rings is 1. The Morgan fingerprint density at radius 1 is 1.00 bits per heavy atom. The van der Waals surface area contributed by atoms with Crippen molar-refractivity contribution in [1.82, 2.24) is 4.98 Å². The molecule has 130 valence electrons. The number of hydrogen-bond donors (Lipinski definition) is 1. The number of anilines is 1. The molecular weight excluding hydrogens is 322 g/mol. The second kappa shape index (κ2) is 6.89.